The zero-order valence-corrected chi connectivity index (χ0v) is 23.6. The topological polar surface area (TPSA) is 21.7 Å². The van der Waals surface area contributed by atoms with E-state index in [1.807, 2.05) is 0 Å². The maximum absolute atomic E-state index is 7.39. The Labute approximate surface area is 241 Å². The Morgan fingerprint density at radius 3 is 2.12 bits per heavy atom. The predicted molar refractivity (Wildman–Crippen MR) is 168 cm³/mol. The number of anilines is 1. The first-order valence-electron chi connectivity index (χ1n) is 14.6. The Balaban J connectivity index is 1.35. The second-order valence-electron chi connectivity index (χ2n) is 11.9. The van der Waals surface area contributed by atoms with E-state index in [-0.39, 0.29) is 5.41 Å². The lowest BCUT2D eigenvalue weighted by atomic mass is 9.77. The third-order valence-electron chi connectivity index (χ3n) is 9.32. The van der Waals surface area contributed by atoms with Crippen molar-refractivity contribution in [3.05, 3.63) is 137 Å². The number of fused-ring (bicyclic) bond motifs is 8. The first kappa shape index (κ1) is 24.5. The maximum atomic E-state index is 7.39. The lowest BCUT2D eigenvalue weighted by Crippen LogP contribution is -2.37. The van der Waals surface area contributed by atoms with E-state index in [1.165, 1.54) is 38.9 Å². The SMILES string of the molecule is CC1(C)c2ccccc2-c2c1c1c(c3ccccc23)OC(c2ccccc2)(c2ccc(N3CCOCC3)cc2)C=C1. The molecular weight excluding hydrogens is 502 g/mol. The van der Waals surface area contributed by atoms with E-state index in [0.717, 1.165) is 48.6 Å². The normalized spacial score (nSPS) is 20.3. The maximum Gasteiger partial charge on any atom is 0.178 e. The van der Waals surface area contributed by atoms with Crippen LogP contribution in [0, 0.1) is 0 Å². The molecule has 202 valence electrons. The van der Waals surface area contributed by atoms with Gasteiger partial charge < -0.3 is 14.4 Å². The molecule has 0 amide bonds. The average molecular weight is 536 g/mol. The van der Waals surface area contributed by atoms with Crippen molar-refractivity contribution in [1.29, 1.82) is 0 Å². The van der Waals surface area contributed by atoms with Crippen molar-refractivity contribution < 1.29 is 9.47 Å². The minimum Gasteiger partial charge on any atom is -0.472 e. The second kappa shape index (κ2) is 9.09. The molecule has 1 saturated heterocycles. The summed E-state index contributed by atoms with van der Waals surface area (Å²) in [5.74, 6) is 0.962. The lowest BCUT2D eigenvalue weighted by Gasteiger charge is -2.38. The van der Waals surface area contributed by atoms with Gasteiger partial charge in [-0.15, -0.1) is 0 Å². The molecule has 1 unspecified atom stereocenters. The highest BCUT2D eigenvalue weighted by atomic mass is 16.5. The molecule has 1 aliphatic carbocycles. The van der Waals surface area contributed by atoms with E-state index in [4.69, 9.17) is 9.47 Å². The summed E-state index contributed by atoms with van der Waals surface area (Å²) < 4.78 is 13.0. The van der Waals surface area contributed by atoms with E-state index < -0.39 is 5.60 Å². The highest BCUT2D eigenvalue weighted by Crippen LogP contribution is 2.57. The molecule has 5 aromatic carbocycles. The highest BCUT2D eigenvalue weighted by Gasteiger charge is 2.44. The molecule has 3 nitrogen and oxygen atoms in total. The van der Waals surface area contributed by atoms with Gasteiger partial charge >= 0.3 is 0 Å². The fourth-order valence-corrected chi connectivity index (χ4v) is 7.31. The van der Waals surface area contributed by atoms with Gasteiger partial charge in [-0.2, -0.15) is 0 Å². The third kappa shape index (κ3) is 3.55. The van der Waals surface area contributed by atoms with Crippen LogP contribution in [0.5, 0.6) is 5.75 Å². The Kier molecular flexibility index (Phi) is 5.42. The third-order valence-corrected chi connectivity index (χ3v) is 9.32. The van der Waals surface area contributed by atoms with E-state index in [1.54, 1.807) is 0 Å². The first-order valence-corrected chi connectivity index (χ1v) is 14.6. The summed E-state index contributed by atoms with van der Waals surface area (Å²) in [4.78, 5) is 2.39. The number of ether oxygens (including phenoxy) is 2. The number of hydrogen-bond donors (Lipinski definition) is 0. The molecule has 41 heavy (non-hydrogen) atoms. The molecule has 3 aliphatic rings. The van der Waals surface area contributed by atoms with Gasteiger partial charge in [0.25, 0.3) is 0 Å². The van der Waals surface area contributed by atoms with E-state index in [0.29, 0.717) is 0 Å². The fourth-order valence-electron chi connectivity index (χ4n) is 7.31. The molecule has 0 bridgehead atoms. The number of hydrogen-bond acceptors (Lipinski definition) is 3. The Bertz CT molecular complexity index is 1810. The summed E-state index contributed by atoms with van der Waals surface area (Å²) in [6.45, 7) is 8.09. The van der Waals surface area contributed by atoms with Crippen LogP contribution in [0.15, 0.2) is 109 Å². The largest absolute Gasteiger partial charge is 0.472 e. The van der Waals surface area contributed by atoms with Crippen molar-refractivity contribution >= 4 is 22.5 Å². The molecule has 0 spiro atoms. The zero-order valence-electron chi connectivity index (χ0n) is 23.6. The van der Waals surface area contributed by atoms with Crippen molar-refractivity contribution in [3.63, 3.8) is 0 Å². The number of rotatable bonds is 3. The molecule has 1 atom stereocenters. The molecular formula is C38H33NO2. The minimum absolute atomic E-state index is 0.139. The van der Waals surface area contributed by atoms with Crippen LogP contribution in [0.4, 0.5) is 5.69 Å². The summed E-state index contributed by atoms with van der Waals surface area (Å²) in [5.41, 5.74) is 9.18. The van der Waals surface area contributed by atoms with Gasteiger partial charge in [0.15, 0.2) is 5.60 Å². The molecule has 0 radical (unpaired) electrons. The predicted octanol–water partition coefficient (Wildman–Crippen LogP) is 8.33. The van der Waals surface area contributed by atoms with Crippen molar-refractivity contribution in [3.8, 4) is 16.9 Å². The quantitative estimate of drug-likeness (QED) is 0.232. The first-order chi connectivity index (χ1) is 20.1. The van der Waals surface area contributed by atoms with Crippen molar-refractivity contribution in [2.24, 2.45) is 0 Å². The fraction of sp³-hybridized carbons (Fsp3) is 0.211. The van der Waals surface area contributed by atoms with Crippen molar-refractivity contribution in [2.75, 3.05) is 31.2 Å². The van der Waals surface area contributed by atoms with Crippen LogP contribution in [0.2, 0.25) is 0 Å². The Hall–Kier alpha value is -4.34. The monoisotopic (exact) mass is 535 g/mol. The Morgan fingerprint density at radius 1 is 0.683 bits per heavy atom. The van der Waals surface area contributed by atoms with Crippen LogP contribution in [-0.2, 0) is 15.8 Å². The molecule has 8 rings (SSSR count). The Morgan fingerprint density at radius 2 is 1.34 bits per heavy atom. The van der Waals surface area contributed by atoms with Crippen LogP contribution in [-0.4, -0.2) is 26.3 Å². The van der Waals surface area contributed by atoms with Crippen molar-refractivity contribution in [2.45, 2.75) is 24.9 Å². The number of nitrogens with zero attached hydrogens (tertiary/aromatic N) is 1. The lowest BCUT2D eigenvalue weighted by molar-refractivity contribution is 0.122. The van der Waals surface area contributed by atoms with Crippen LogP contribution >= 0.6 is 0 Å². The summed E-state index contributed by atoms with van der Waals surface area (Å²) >= 11 is 0. The summed E-state index contributed by atoms with van der Waals surface area (Å²) in [5, 5.41) is 2.41. The van der Waals surface area contributed by atoms with Gasteiger partial charge in [-0.1, -0.05) is 111 Å². The molecule has 0 aromatic heterocycles. The standard InChI is InChI=1S/C38H33NO2/c1-37(2)33-15-9-8-14-31(33)34-29-12-6-7-13-30(29)36-32(35(34)37)20-21-38(41-36,26-10-4-3-5-11-26)27-16-18-28(19-17-27)39-22-24-40-25-23-39/h3-21H,22-25H2,1-2H3. The molecule has 2 aliphatic heterocycles. The van der Waals surface area contributed by atoms with Gasteiger partial charge in [-0.25, -0.2) is 0 Å². The summed E-state index contributed by atoms with van der Waals surface area (Å²) in [7, 11) is 0. The smallest absolute Gasteiger partial charge is 0.178 e. The summed E-state index contributed by atoms with van der Waals surface area (Å²) in [6.07, 6.45) is 4.61. The van der Waals surface area contributed by atoms with Gasteiger partial charge in [-0.3, -0.25) is 0 Å². The molecule has 0 saturated carbocycles. The minimum atomic E-state index is -0.746. The van der Waals surface area contributed by atoms with E-state index >= 15 is 0 Å². The average Bonchev–Trinajstić information content (AvgIpc) is 3.29. The summed E-state index contributed by atoms with van der Waals surface area (Å²) in [6, 6.07) is 37.2. The van der Waals surface area contributed by atoms with E-state index in [9.17, 15) is 0 Å². The number of morpholine rings is 1. The molecule has 3 heteroatoms. The second-order valence-corrected chi connectivity index (χ2v) is 11.9. The van der Waals surface area contributed by atoms with Crippen LogP contribution in [0.25, 0.3) is 28.0 Å². The molecule has 0 N–H and O–H groups in total. The molecule has 2 heterocycles. The van der Waals surface area contributed by atoms with Gasteiger partial charge in [0.1, 0.15) is 5.75 Å². The zero-order chi connectivity index (χ0) is 27.6. The van der Waals surface area contributed by atoms with Crippen LogP contribution in [0.3, 0.4) is 0 Å². The van der Waals surface area contributed by atoms with Crippen molar-refractivity contribution in [1.82, 2.24) is 0 Å². The van der Waals surface area contributed by atoms with Crippen LogP contribution < -0.4 is 9.64 Å². The van der Waals surface area contributed by atoms with Gasteiger partial charge in [0, 0.05) is 46.3 Å². The van der Waals surface area contributed by atoms with Gasteiger partial charge in [0.05, 0.1) is 13.2 Å². The molecule has 1 fully saturated rings. The van der Waals surface area contributed by atoms with Crippen LogP contribution in [0.1, 0.15) is 41.7 Å². The van der Waals surface area contributed by atoms with E-state index in [2.05, 4.69) is 134 Å². The van der Waals surface area contributed by atoms with Gasteiger partial charge in [0.2, 0.25) is 0 Å². The van der Waals surface area contributed by atoms with Gasteiger partial charge in [-0.05, 0) is 45.8 Å². The highest BCUT2D eigenvalue weighted by molar-refractivity contribution is 6.08. The number of benzene rings is 5. The molecule has 5 aromatic rings.